The van der Waals surface area contributed by atoms with Crippen LogP contribution in [0.4, 0.5) is 5.69 Å². The fourth-order valence-corrected chi connectivity index (χ4v) is 1.58. The number of nitrogens with zero attached hydrogens (tertiary/aromatic N) is 3. The van der Waals surface area contributed by atoms with Gasteiger partial charge in [-0.3, -0.25) is 10.1 Å². The third-order valence-electron chi connectivity index (χ3n) is 2.22. The Morgan fingerprint density at radius 3 is 2.89 bits per heavy atom. The van der Waals surface area contributed by atoms with Crippen LogP contribution >= 0.6 is 11.6 Å². The van der Waals surface area contributed by atoms with Gasteiger partial charge in [-0.15, -0.1) is 0 Å². The highest BCUT2D eigenvalue weighted by molar-refractivity contribution is 6.31. The van der Waals surface area contributed by atoms with Gasteiger partial charge in [0.2, 0.25) is 5.15 Å². The molecular formula is C11H8ClN3O4. The van der Waals surface area contributed by atoms with Crippen molar-refractivity contribution in [2.24, 2.45) is 0 Å². The van der Waals surface area contributed by atoms with Crippen molar-refractivity contribution in [3.8, 4) is 11.6 Å². The van der Waals surface area contributed by atoms with Gasteiger partial charge in [-0.05, 0) is 17.7 Å². The summed E-state index contributed by atoms with van der Waals surface area (Å²) in [6.45, 7) is -0.163. The molecule has 0 atom stereocenters. The van der Waals surface area contributed by atoms with Crippen molar-refractivity contribution in [2.45, 2.75) is 6.61 Å². The minimum absolute atomic E-state index is 0.163. The van der Waals surface area contributed by atoms with Crippen LogP contribution in [0.3, 0.4) is 0 Å². The molecule has 0 spiro atoms. The molecular weight excluding hydrogens is 274 g/mol. The van der Waals surface area contributed by atoms with Crippen LogP contribution in [0.15, 0.2) is 30.6 Å². The number of halogens is 1. The molecule has 8 heteroatoms. The van der Waals surface area contributed by atoms with Crippen LogP contribution < -0.4 is 4.74 Å². The second kappa shape index (κ2) is 5.59. The van der Waals surface area contributed by atoms with E-state index in [1.54, 1.807) is 24.3 Å². The summed E-state index contributed by atoms with van der Waals surface area (Å²) in [5.41, 5.74) is 0.110. The van der Waals surface area contributed by atoms with Crippen molar-refractivity contribution in [3.63, 3.8) is 0 Å². The Morgan fingerprint density at radius 2 is 2.21 bits per heavy atom. The molecule has 1 heterocycles. The molecule has 0 aliphatic heterocycles. The molecule has 2 rings (SSSR count). The van der Waals surface area contributed by atoms with E-state index < -0.39 is 10.6 Å². The predicted octanol–water partition coefficient (Wildman–Crippen LogP) is 2.32. The summed E-state index contributed by atoms with van der Waals surface area (Å²) in [5.74, 6) is 0.0597. The molecule has 2 aromatic rings. The van der Waals surface area contributed by atoms with Crippen LogP contribution in [0.2, 0.25) is 5.15 Å². The van der Waals surface area contributed by atoms with Crippen molar-refractivity contribution in [1.29, 1.82) is 0 Å². The summed E-state index contributed by atoms with van der Waals surface area (Å²) in [4.78, 5) is 17.4. The smallest absolute Gasteiger partial charge is 0.368 e. The quantitative estimate of drug-likeness (QED) is 0.524. The molecule has 0 saturated carbocycles. The lowest BCUT2D eigenvalue weighted by Crippen LogP contribution is -1.98. The molecule has 0 fully saturated rings. The average molecular weight is 282 g/mol. The topological polar surface area (TPSA) is 98.4 Å². The summed E-state index contributed by atoms with van der Waals surface area (Å²) in [6, 6.07) is 6.46. The first-order valence-electron chi connectivity index (χ1n) is 5.14. The molecule has 0 unspecified atom stereocenters. The molecule has 1 N–H and O–H groups in total. The highest BCUT2D eigenvalue weighted by atomic mass is 35.5. The van der Waals surface area contributed by atoms with E-state index in [0.717, 1.165) is 6.33 Å². The van der Waals surface area contributed by atoms with Gasteiger partial charge in [0, 0.05) is 0 Å². The molecule has 7 nitrogen and oxygen atoms in total. The lowest BCUT2D eigenvalue weighted by atomic mass is 10.2. The average Bonchev–Trinajstić information content (AvgIpc) is 2.38. The summed E-state index contributed by atoms with van der Waals surface area (Å²) < 4.78 is 5.31. The molecule has 0 aliphatic carbocycles. The SMILES string of the molecule is O=[N+]([O-])c1c(Cl)ncnc1Oc1cccc(CO)c1. The minimum Gasteiger partial charge on any atom is -0.434 e. The number of ether oxygens (including phenoxy) is 1. The van der Waals surface area contributed by atoms with Crippen LogP contribution in [-0.4, -0.2) is 20.0 Å². The number of nitro groups is 1. The van der Waals surface area contributed by atoms with Crippen molar-refractivity contribution in [2.75, 3.05) is 0 Å². The largest absolute Gasteiger partial charge is 0.434 e. The minimum atomic E-state index is -0.715. The first kappa shape index (κ1) is 13.2. The molecule has 1 aromatic heterocycles. The summed E-state index contributed by atoms with van der Waals surface area (Å²) in [5, 5.41) is 19.6. The van der Waals surface area contributed by atoms with Crippen LogP contribution in [0.5, 0.6) is 11.6 Å². The fraction of sp³-hybridized carbons (Fsp3) is 0.0909. The Balaban J connectivity index is 2.38. The first-order valence-corrected chi connectivity index (χ1v) is 5.52. The van der Waals surface area contributed by atoms with E-state index in [1.165, 1.54) is 0 Å². The van der Waals surface area contributed by atoms with Crippen molar-refractivity contribution >= 4 is 17.3 Å². The Bertz CT molecular complexity index is 621. The maximum Gasteiger partial charge on any atom is 0.368 e. The van der Waals surface area contributed by atoms with Crippen LogP contribution in [0.25, 0.3) is 0 Å². The number of hydrogen-bond acceptors (Lipinski definition) is 6. The third-order valence-corrected chi connectivity index (χ3v) is 2.50. The second-order valence-corrected chi connectivity index (χ2v) is 3.84. The first-order chi connectivity index (χ1) is 9.11. The van der Waals surface area contributed by atoms with Crippen molar-refractivity contribution < 1.29 is 14.8 Å². The normalized spacial score (nSPS) is 10.2. The number of aliphatic hydroxyl groups excluding tert-OH is 1. The molecule has 0 aliphatic rings. The van der Waals surface area contributed by atoms with Gasteiger partial charge in [-0.1, -0.05) is 23.7 Å². The Kier molecular flexibility index (Phi) is 3.88. The third kappa shape index (κ3) is 2.95. The second-order valence-electron chi connectivity index (χ2n) is 3.48. The zero-order valence-electron chi connectivity index (χ0n) is 9.49. The van der Waals surface area contributed by atoms with Crippen LogP contribution in [0, 0.1) is 10.1 Å². The lowest BCUT2D eigenvalue weighted by Gasteiger charge is -2.06. The highest BCUT2D eigenvalue weighted by Crippen LogP contribution is 2.33. The maximum atomic E-state index is 10.9. The van der Waals surface area contributed by atoms with Gasteiger partial charge in [0.1, 0.15) is 12.1 Å². The van der Waals surface area contributed by atoms with E-state index in [-0.39, 0.29) is 17.6 Å². The molecule has 1 aromatic carbocycles. The monoisotopic (exact) mass is 281 g/mol. The highest BCUT2D eigenvalue weighted by Gasteiger charge is 2.23. The van der Waals surface area contributed by atoms with Gasteiger partial charge in [-0.25, -0.2) is 4.98 Å². The predicted molar refractivity (Wildman–Crippen MR) is 66.1 cm³/mol. The van der Waals surface area contributed by atoms with E-state index in [0.29, 0.717) is 11.3 Å². The van der Waals surface area contributed by atoms with Gasteiger partial charge in [0.05, 0.1) is 11.5 Å². The molecule has 98 valence electrons. The van der Waals surface area contributed by atoms with E-state index in [1.807, 2.05) is 0 Å². The van der Waals surface area contributed by atoms with Crippen molar-refractivity contribution in [1.82, 2.24) is 9.97 Å². The summed E-state index contributed by atoms with van der Waals surface area (Å²) in [6.07, 6.45) is 1.07. The van der Waals surface area contributed by atoms with Crippen LogP contribution in [0.1, 0.15) is 5.56 Å². The summed E-state index contributed by atoms with van der Waals surface area (Å²) >= 11 is 5.64. The Hall–Kier alpha value is -2.25. The zero-order valence-corrected chi connectivity index (χ0v) is 10.2. The number of hydrogen-bond donors (Lipinski definition) is 1. The lowest BCUT2D eigenvalue weighted by molar-refractivity contribution is -0.386. The number of benzene rings is 1. The number of aliphatic hydroxyl groups is 1. The molecule has 0 amide bonds. The number of rotatable bonds is 4. The van der Waals surface area contributed by atoms with E-state index in [2.05, 4.69) is 9.97 Å². The van der Waals surface area contributed by atoms with Crippen LogP contribution in [-0.2, 0) is 6.61 Å². The zero-order chi connectivity index (χ0) is 13.8. The van der Waals surface area contributed by atoms with E-state index in [9.17, 15) is 10.1 Å². The standard InChI is InChI=1S/C11H8ClN3O4/c12-10-9(15(17)18)11(14-6-13-10)19-8-3-1-2-7(4-8)5-16/h1-4,6,16H,5H2. The maximum absolute atomic E-state index is 10.9. The van der Waals surface area contributed by atoms with Gasteiger partial charge < -0.3 is 9.84 Å². The van der Waals surface area contributed by atoms with Gasteiger partial charge in [0.25, 0.3) is 0 Å². The van der Waals surface area contributed by atoms with Gasteiger partial charge >= 0.3 is 11.6 Å². The Labute approximate surface area is 112 Å². The number of aromatic nitrogens is 2. The van der Waals surface area contributed by atoms with Gasteiger partial charge in [-0.2, -0.15) is 4.98 Å². The van der Waals surface area contributed by atoms with E-state index in [4.69, 9.17) is 21.4 Å². The summed E-state index contributed by atoms with van der Waals surface area (Å²) in [7, 11) is 0. The van der Waals surface area contributed by atoms with Gasteiger partial charge in [0.15, 0.2) is 0 Å². The fourth-order valence-electron chi connectivity index (χ4n) is 1.39. The molecule has 19 heavy (non-hydrogen) atoms. The Morgan fingerprint density at radius 1 is 1.42 bits per heavy atom. The molecule has 0 saturated heterocycles. The van der Waals surface area contributed by atoms with Crippen molar-refractivity contribution in [3.05, 3.63) is 51.4 Å². The molecule has 0 bridgehead atoms. The van der Waals surface area contributed by atoms with E-state index >= 15 is 0 Å². The molecule has 0 radical (unpaired) electrons.